The van der Waals surface area contributed by atoms with Gasteiger partial charge in [-0.25, -0.2) is 5.43 Å². The van der Waals surface area contributed by atoms with Crippen LogP contribution >= 0.6 is 0 Å². The number of nitrogens with zero attached hydrogens (tertiary/aromatic N) is 3. The summed E-state index contributed by atoms with van der Waals surface area (Å²) in [6.07, 6.45) is 1.40. The van der Waals surface area contributed by atoms with Crippen LogP contribution in [-0.2, 0) is 6.54 Å². The zero-order chi connectivity index (χ0) is 22.3. The maximum atomic E-state index is 12.9. The van der Waals surface area contributed by atoms with Gasteiger partial charge in [-0.2, -0.15) is 10.2 Å². The standard InChI is InChI=1S/C25H22N4O3/c1-32-21-13-11-19(12-14-21)22-15-23(29(28-22)17-18-7-3-2-4-8-18)25(31)27-26-16-20-9-5-6-10-24(20)30/h2-16,30H,17H2,1H3,(H,27,31)/b26-16+. The Morgan fingerprint density at radius 2 is 1.78 bits per heavy atom. The van der Waals surface area contributed by atoms with Gasteiger partial charge in [0, 0.05) is 11.1 Å². The van der Waals surface area contributed by atoms with Crippen molar-refractivity contribution in [3.8, 4) is 22.8 Å². The number of phenolic OH excluding ortho intramolecular Hbond substituents is 1. The third kappa shape index (κ3) is 4.84. The van der Waals surface area contributed by atoms with E-state index in [4.69, 9.17) is 4.74 Å². The van der Waals surface area contributed by atoms with Gasteiger partial charge in [-0.15, -0.1) is 0 Å². The van der Waals surface area contributed by atoms with Crippen LogP contribution in [0.3, 0.4) is 0 Å². The predicted molar refractivity (Wildman–Crippen MR) is 123 cm³/mol. The van der Waals surface area contributed by atoms with Crippen molar-refractivity contribution >= 4 is 12.1 Å². The molecule has 7 heteroatoms. The number of benzene rings is 3. The highest BCUT2D eigenvalue weighted by atomic mass is 16.5. The predicted octanol–water partition coefficient (Wildman–Crippen LogP) is 4.08. The molecule has 2 N–H and O–H groups in total. The number of phenols is 1. The Hall–Kier alpha value is -4.39. The van der Waals surface area contributed by atoms with E-state index in [0.717, 1.165) is 16.9 Å². The fourth-order valence-electron chi connectivity index (χ4n) is 3.19. The Balaban J connectivity index is 1.61. The molecular weight excluding hydrogens is 404 g/mol. The minimum atomic E-state index is -0.403. The molecular formula is C25H22N4O3. The summed E-state index contributed by atoms with van der Waals surface area (Å²) in [7, 11) is 1.61. The minimum Gasteiger partial charge on any atom is -0.507 e. The zero-order valence-corrected chi connectivity index (χ0v) is 17.5. The number of aromatic hydroxyl groups is 1. The van der Waals surface area contributed by atoms with Crippen molar-refractivity contribution in [2.75, 3.05) is 7.11 Å². The first-order valence-electron chi connectivity index (χ1n) is 10.0. The molecule has 1 amide bonds. The summed E-state index contributed by atoms with van der Waals surface area (Å²) in [4.78, 5) is 12.9. The fraction of sp³-hybridized carbons (Fsp3) is 0.0800. The molecule has 1 heterocycles. The molecule has 4 aromatic rings. The van der Waals surface area contributed by atoms with Gasteiger partial charge in [0.1, 0.15) is 17.2 Å². The SMILES string of the molecule is COc1ccc(-c2cc(C(=O)N/N=C/c3ccccc3O)n(Cc3ccccc3)n2)cc1. The van der Waals surface area contributed by atoms with E-state index < -0.39 is 5.91 Å². The monoisotopic (exact) mass is 426 g/mol. The number of nitrogens with one attached hydrogen (secondary N) is 1. The van der Waals surface area contributed by atoms with E-state index in [-0.39, 0.29) is 5.75 Å². The van der Waals surface area contributed by atoms with E-state index >= 15 is 0 Å². The summed E-state index contributed by atoms with van der Waals surface area (Å²) in [5, 5.41) is 18.5. The number of methoxy groups -OCH3 is 1. The normalized spacial score (nSPS) is 10.9. The molecule has 160 valence electrons. The van der Waals surface area contributed by atoms with Crippen molar-refractivity contribution in [2.24, 2.45) is 5.10 Å². The average Bonchev–Trinajstić information content (AvgIpc) is 3.25. The maximum Gasteiger partial charge on any atom is 0.289 e. The van der Waals surface area contributed by atoms with Crippen molar-refractivity contribution in [2.45, 2.75) is 6.54 Å². The van der Waals surface area contributed by atoms with Crippen molar-refractivity contribution in [1.82, 2.24) is 15.2 Å². The molecule has 0 bridgehead atoms. The van der Waals surface area contributed by atoms with Crippen LogP contribution in [0, 0.1) is 0 Å². The third-order valence-electron chi connectivity index (χ3n) is 4.88. The van der Waals surface area contributed by atoms with E-state index in [1.807, 2.05) is 54.6 Å². The first kappa shape index (κ1) is 20.9. The molecule has 7 nitrogen and oxygen atoms in total. The van der Waals surface area contributed by atoms with Crippen molar-refractivity contribution in [3.63, 3.8) is 0 Å². The molecule has 0 radical (unpaired) electrons. The number of ether oxygens (including phenoxy) is 1. The highest BCUT2D eigenvalue weighted by molar-refractivity contribution is 5.94. The molecule has 0 aliphatic heterocycles. The van der Waals surface area contributed by atoms with Gasteiger partial charge in [-0.05, 0) is 48.0 Å². The Bertz CT molecular complexity index is 1230. The molecule has 4 rings (SSSR count). The number of carbonyl (C=O) groups excluding carboxylic acids is 1. The van der Waals surface area contributed by atoms with Crippen LogP contribution in [0.1, 0.15) is 21.6 Å². The number of para-hydroxylation sites is 1. The first-order chi connectivity index (χ1) is 15.6. The van der Waals surface area contributed by atoms with Crippen molar-refractivity contribution in [1.29, 1.82) is 0 Å². The molecule has 3 aromatic carbocycles. The van der Waals surface area contributed by atoms with E-state index in [9.17, 15) is 9.90 Å². The highest BCUT2D eigenvalue weighted by Crippen LogP contribution is 2.23. The number of hydrazone groups is 1. The summed E-state index contributed by atoms with van der Waals surface area (Å²) < 4.78 is 6.87. The number of hydrogen-bond donors (Lipinski definition) is 2. The first-order valence-corrected chi connectivity index (χ1v) is 10.0. The molecule has 0 atom stereocenters. The molecule has 0 aliphatic rings. The van der Waals surface area contributed by atoms with Crippen LogP contribution in [0.2, 0.25) is 0 Å². The second-order valence-electron chi connectivity index (χ2n) is 7.04. The lowest BCUT2D eigenvalue weighted by Gasteiger charge is -2.06. The molecule has 0 saturated heterocycles. The zero-order valence-electron chi connectivity index (χ0n) is 17.5. The number of aromatic nitrogens is 2. The van der Waals surface area contributed by atoms with Crippen LogP contribution < -0.4 is 10.2 Å². The molecule has 0 unspecified atom stereocenters. The number of carbonyl (C=O) groups is 1. The lowest BCUT2D eigenvalue weighted by Crippen LogP contribution is -2.22. The molecule has 32 heavy (non-hydrogen) atoms. The van der Waals surface area contributed by atoms with Crippen LogP contribution in [0.15, 0.2) is 90.0 Å². The van der Waals surface area contributed by atoms with Crippen LogP contribution in [0.25, 0.3) is 11.3 Å². The minimum absolute atomic E-state index is 0.0846. The average molecular weight is 426 g/mol. The lowest BCUT2D eigenvalue weighted by atomic mass is 10.1. The van der Waals surface area contributed by atoms with Gasteiger partial charge in [0.15, 0.2) is 0 Å². The molecule has 0 saturated carbocycles. The van der Waals surface area contributed by atoms with E-state index in [1.54, 1.807) is 42.1 Å². The largest absolute Gasteiger partial charge is 0.507 e. The Morgan fingerprint density at radius 1 is 1.06 bits per heavy atom. The summed E-state index contributed by atoms with van der Waals surface area (Å²) in [6, 6.07) is 25.8. The number of rotatable bonds is 7. The fourth-order valence-corrected chi connectivity index (χ4v) is 3.19. The lowest BCUT2D eigenvalue weighted by molar-refractivity contribution is 0.0945. The Morgan fingerprint density at radius 3 is 2.50 bits per heavy atom. The summed E-state index contributed by atoms with van der Waals surface area (Å²) >= 11 is 0. The van der Waals surface area contributed by atoms with Gasteiger partial charge in [0.05, 0.1) is 25.6 Å². The van der Waals surface area contributed by atoms with Gasteiger partial charge < -0.3 is 9.84 Å². The second-order valence-corrected chi connectivity index (χ2v) is 7.04. The summed E-state index contributed by atoms with van der Waals surface area (Å²) in [5.41, 5.74) is 5.94. The maximum absolute atomic E-state index is 12.9. The third-order valence-corrected chi connectivity index (χ3v) is 4.88. The van der Waals surface area contributed by atoms with Gasteiger partial charge >= 0.3 is 0 Å². The molecule has 0 fully saturated rings. The van der Waals surface area contributed by atoms with Crippen LogP contribution in [0.4, 0.5) is 0 Å². The second kappa shape index (κ2) is 9.61. The van der Waals surface area contributed by atoms with Crippen LogP contribution in [0.5, 0.6) is 11.5 Å². The Kier molecular flexibility index (Phi) is 6.27. The number of amides is 1. The van der Waals surface area contributed by atoms with Gasteiger partial charge in [-0.1, -0.05) is 42.5 Å². The van der Waals surface area contributed by atoms with E-state index in [2.05, 4.69) is 15.6 Å². The van der Waals surface area contributed by atoms with Gasteiger partial charge in [0.2, 0.25) is 0 Å². The highest BCUT2D eigenvalue weighted by Gasteiger charge is 2.16. The van der Waals surface area contributed by atoms with Crippen molar-refractivity contribution in [3.05, 3.63) is 102 Å². The molecule has 0 spiro atoms. The topological polar surface area (TPSA) is 88.7 Å². The summed E-state index contributed by atoms with van der Waals surface area (Å²) in [6.45, 7) is 0.433. The van der Waals surface area contributed by atoms with Gasteiger partial charge in [0.25, 0.3) is 5.91 Å². The van der Waals surface area contributed by atoms with Crippen molar-refractivity contribution < 1.29 is 14.6 Å². The molecule has 0 aliphatic carbocycles. The smallest absolute Gasteiger partial charge is 0.289 e. The van der Waals surface area contributed by atoms with Crippen LogP contribution in [-0.4, -0.2) is 34.1 Å². The van der Waals surface area contributed by atoms with Gasteiger partial charge in [-0.3, -0.25) is 9.48 Å². The quantitative estimate of drug-likeness (QED) is 0.344. The van der Waals surface area contributed by atoms with E-state index in [0.29, 0.717) is 23.5 Å². The number of hydrogen-bond acceptors (Lipinski definition) is 5. The Labute approximate surface area is 185 Å². The summed E-state index contributed by atoms with van der Waals surface area (Å²) in [5.74, 6) is 0.426. The van der Waals surface area contributed by atoms with E-state index in [1.165, 1.54) is 6.21 Å². The molecule has 1 aromatic heterocycles.